The Labute approximate surface area is 167 Å². The first-order valence-corrected chi connectivity index (χ1v) is 10.4. The lowest BCUT2D eigenvalue weighted by molar-refractivity contribution is -0.119. The number of hydrogen-bond donors (Lipinski definition) is 2. The van der Waals surface area contributed by atoms with Crippen LogP contribution in [-0.4, -0.2) is 26.9 Å². The molecule has 2 aromatic carbocycles. The first-order chi connectivity index (χ1) is 13.1. The van der Waals surface area contributed by atoms with E-state index in [1.54, 1.807) is 0 Å². The van der Waals surface area contributed by atoms with Gasteiger partial charge in [-0.15, -0.1) is 11.3 Å². The van der Waals surface area contributed by atoms with Gasteiger partial charge in [-0.3, -0.25) is 4.79 Å². The van der Waals surface area contributed by atoms with Crippen LogP contribution in [-0.2, 0) is 19.6 Å². The van der Waals surface area contributed by atoms with E-state index in [-0.39, 0.29) is 20.5 Å². The van der Waals surface area contributed by atoms with E-state index in [2.05, 4.69) is 5.32 Å². The van der Waals surface area contributed by atoms with Crippen LogP contribution < -0.4 is 10.5 Å². The number of primary sulfonamides is 1. The molecule has 3 rings (SSSR count). The molecule has 1 aromatic heterocycles. The maximum Gasteiger partial charge on any atom is 0.350 e. The van der Waals surface area contributed by atoms with Crippen LogP contribution in [0.4, 0.5) is 10.1 Å². The summed E-state index contributed by atoms with van der Waals surface area (Å²) in [6, 6.07) is 9.21. The maximum atomic E-state index is 13.3. The van der Waals surface area contributed by atoms with Crippen LogP contribution in [0.2, 0.25) is 5.02 Å². The van der Waals surface area contributed by atoms with Gasteiger partial charge in [0.05, 0.1) is 9.92 Å². The summed E-state index contributed by atoms with van der Waals surface area (Å²) in [6.07, 6.45) is 0. The van der Waals surface area contributed by atoms with Gasteiger partial charge >= 0.3 is 5.97 Å². The molecule has 0 spiro atoms. The molecule has 0 radical (unpaired) electrons. The highest BCUT2D eigenvalue weighted by molar-refractivity contribution is 7.89. The van der Waals surface area contributed by atoms with Gasteiger partial charge in [-0.05, 0) is 36.4 Å². The first-order valence-electron chi connectivity index (χ1n) is 7.62. The minimum absolute atomic E-state index is 0.0475. The zero-order valence-electron chi connectivity index (χ0n) is 13.9. The third kappa shape index (κ3) is 4.47. The molecule has 1 heterocycles. The van der Waals surface area contributed by atoms with Gasteiger partial charge in [-0.1, -0.05) is 17.7 Å². The number of nitrogens with two attached hydrogens (primary N) is 1. The highest BCUT2D eigenvalue weighted by atomic mass is 35.5. The van der Waals surface area contributed by atoms with E-state index >= 15 is 0 Å². The number of thiophene rings is 1. The zero-order valence-corrected chi connectivity index (χ0v) is 16.3. The van der Waals surface area contributed by atoms with E-state index in [0.29, 0.717) is 10.1 Å². The van der Waals surface area contributed by atoms with Crippen LogP contribution in [0.15, 0.2) is 47.4 Å². The summed E-state index contributed by atoms with van der Waals surface area (Å²) >= 11 is 7.08. The number of ether oxygens (including phenoxy) is 1. The molecular formula is C17H12ClFN2O5S2. The molecule has 1 amide bonds. The molecule has 7 nitrogen and oxygen atoms in total. The Balaban J connectivity index is 1.67. The zero-order chi connectivity index (χ0) is 20.5. The number of hydrogen-bond acceptors (Lipinski definition) is 6. The normalized spacial score (nSPS) is 11.4. The molecule has 0 aliphatic heterocycles. The third-order valence-electron chi connectivity index (χ3n) is 3.56. The standard InChI is InChI=1S/C17H12ClFN2O5S2/c18-15-12-5-4-9(19)6-13(12)27-16(15)17(23)26-8-14(22)21-10-2-1-3-11(7-10)28(20,24)25/h1-7H,8H2,(H,21,22)(H2,20,24,25). The quantitative estimate of drug-likeness (QED) is 0.589. The molecule has 11 heteroatoms. The monoisotopic (exact) mass is 442 g/mol. The van der Waals surface area contributed by atoms with Gasteiger partial charge < -0.3 is 10.1 Å². The molecule has 0 aliphatic carbocycles. The van der Waals surface area contributed by atoms with E-state index in [1.807, 2.05) is 0 Å². The maximum absolute atomic E-state index is 13.3. The lowest BCUT2D eigenvalue weighted by Gasteiger charge is -2.07. The predicted molar refractivity (Wildman–Crippen MR) is 104 cm³/mol. The number of amides is 1. The molecule has 3 N–H and O–H groups in total. The van der Waals surface area contributed by atoms with Crippen molar-refractivity contribution in [1.82, 2.24) is 0 Å². The summed E-state index contributed by atoms with van der Waals surface area (Å²) in [6.45, 7) is -0.628. The number of sulfonamides is 1. The molecule has 3 aromatic rings. The SMILES string of the molecule is NS(=O)(=O)c1cccc(NC(=O)COC(=O)c2sc3cc(F)ccc3c2Cl)c1. The van der Waals surface area contributed by atoms with Crippen molar-refractivity contribution < 1.29 is 27.1 Å². The lowest BCUT2D eigenvalue weighted by atomic mass is 10.2. The van der Waals surface area contributed by atoms with Crippen molar-refractivity contribution in [3.8, 4) is 0 Å². The first kappa shape index (κ1) is 20.2. The van der Waals surface area contributed by atoms with Gasteiger partial charge in [0.15, 0.2) is 6.61 Å². The third-order valence-corrected chi connectivity index (χ3v) is 6.11. The van der Waals surface area contributed by atoms with E-state index < -0.39 is 34.3 Å². The van der Waals surface area contributed by atoms with Crippen molar-refractivity contribution in [2.75, 3.05) is 11.9 Å². The number of carbonyl (C=O) groups excluding carboxylic acids is 2. The molecule has 0 atom stereocenters. The molecule has 146 valence electrons. The highest BCUT2D eigenvalue weighted by Gasteiger charge is 2.20. The topological polar surface area (TPSA) is 116 Å². The minimum Gasteiger partial charge on any atom is -0.451 e. The van der Waals surface area contributed by atoms with Crippen molar-refractivity contribution in [1.29, 1.82) is 0 Å². The number of rotatable bonds is 5. The summed E-state index contributed by atoms with van der Waals surface area (Å²) in [7, 11) is -3.92. The van der Waals surface area contributed by atoms with Gasteiger partial charge in [-0.25, -0.2) is 22.7 Å². The molecule has 0 fully saturated rings. The van der Waals surface area contributed by atoms with Crippen LogP contribution in [0.3, 0.4) is 0 Å². The van der Waals surface area contributed by atoms with Crippen LogP contribution in [0.1, 0.15) is 9.67 Å². The molecule has 28 heavy (non-hydrogen) atoms. The Bertz CT molecular complexity index is 1190. The number of fused-ring (bicyclic) bond motifs is 1. The summed E-state index contributed by atoms with van der Waals surface area (Å²) < 4.78 is 41.4. The Morgan fingerprint density at radius 3 is 2.68 bits per heavy atom. The second kappa shape index (κ2) is 7.84. The average Bonchev–Trinajstić information content (AvgIpc) is 2.95. The van der Waals surface area contributed by atoms with Gasteiger partial charge in [0.25, 0.3) is 5.91 Å². The largest absolute Gasteiger partial charge is 0.451 e. The number of esters is 1. The smallest absolute Gasteiger partial charge is 0.350 e. The summed E-state index contributed by atoms with van der Waals surface area (Å²) in [5.41, 5.74) is 0.169. The molecule has 0 saturated carbocycles. The molecule has 0 saturated heterocycles. The second-order valence-electron chi connectivity index (χ2n) is 5.58. The Kier molecular flexibility index (Phi) is 5.66. The van der Waals surface area contributed by atoms with Crippen LogP contribution in [0, 0.1) is 5.82 Å². The number of benzene rings is 2. The van der Waals surface area contributed by atoms with Crippen molar-refractivity contribution in [3.05, 3.63) is 58.2 Å². The van der Waals surface area contributed by atoms with E-state index in [1.165, 1.54) is 42.5 Å². The van der Waals surface area contributed by atoms with E-state index in [4.69, 9.17) is 21.5 Å². The fourth-order valence-corrected chi connectivity index (χ4v) is 4.30. The summed E-state index contributed by atoms with van der Waals surface area (Å²) in [5.74, 6) is -1.99. The molecule has 0 bridgehead atoms. The van der Waals surface area contributed by atoms with Crippen molar-refractivity contribution in [2.45, 2.75) is 4.90 Å². The number of anilines is 1. The molecule has 0 aliphatic rings. The lowest BCUT2D eigenvalue weighted by Crippen LogP contribution is -2.21. The van der Waals surface area contributed by atoms with Crippen LogP contribution in [0.25, 0.3) is 10.1 Å². The van der Waals surface area contributed by atoms with Gasteiger partial charge in [0, 0.05) is 15.8 Å². The summed E-state index contributed by atoms with van der Waals surface area (Å²) in [5, 5.41) is 8.05. The predicted octanol–water partition coefficient (Wildman–Crippen LogP) is 3.14. The Morgan fingerprint density at radius 2 is 1.96 bits per heavy atom. The highest BCUT2D eigenvalue weighted by Crippen LogP contribution is 2.36. The minimum atomic E-state index is -3.92. The van der Waals surface area contributed by atoms with Crippen molar-refractivity contribution >= 4 is 60.6 Å². The van der Waals surface area contributed by atoms with Crippen LogP contribution >= 0.6 is 22.9 Å². The fraction of sp³-hybridized carbons (Fsp3) is 0.0588. The number of halogens is 2. The van der Waals surface area contributed by atoms with Gasteiger partial charge in [0.1, 0.15) is 10.7 Å². The molecular weight excluding hydrogens is 431 g/mol. The number of nitrogens with one attached hydrogen (secondary N) is 1. The van der Waals surface area contributed by atoms with Crippen molar-refractivity contribution in [3.63, 3.8) is 0 Å². The van der Waals surface area contributed by atoms with Crippen LogP contribution in [0.5, 0.6) is 0 Å². The van der Waals surface area contributed by atoms with Gasteiger partial charge in [-0.2, -0.15) is 0 Å². The Hall–Kier alpha value is -2.53. The number of carbonyl (C=O) groups is 2. The Morgan fingerprint density at radius 1 is 1.21 bits per heavy atom. The average molecular weight is 443 g/mol. The van der Waals surface area contributed by atoms with E-state index in [0.717, 1.165) is 11.3 Å². The molecule has 0 unspecified atom stereocenters. The van der Waals surface area contributed by atoms with Crippen molar-refractivity contribution in [2.24, 2.45) is 5.14 Å². The fourth-order valence-electron chi connectivity index (χ4n) is 2.31. The second-order valence-corrected chi connectivity index (χ2v) is 8.57. The van der Waals surface area contributed by atoms with E-state index in [9.17, 15) is 22.4 Å². The summed E-state index contributed by atoms with van der Waals surface area (Å²) in [4.78, 5) is 24.0. The van der Waals surface area contributed by atoms with Gasteiger partial charge in [0.2, 0.25) is 10.0 Å².